The average Bonchev–Trinajstić information content (AvgIpc) is 3.44. The van der Waals surface area contributed by atoms with E-state index in [0.29, 0.717) is 23.3 Å². The summed E-state index contributed by atoms with van der Waals surface area (Å²) in [5.41, 5.74) is 2.58. The van der Waals surface area contributed by atoms with Crippen LogP contribution in [0, 0.1) is 5.82 Å². The standard InChI is InChI=1S/C21H15FN4O2S2/c22-14-7-9-15(10-8-14)30(27,28)26-20(12-18(25-26)21-6-3-11-29-21)19-13-23-16-4-1-2-5-17(16)24-19/h1-11,13,20H,12H2/t20-/m1/s1. The van der Waals surface area contributed by atoms with Gasteiger partial charge in [0.05, 0.1) is 38.4 Å². The summed E-state index contributed by atoms with van der Waals surface area (Å²) in [5, 5.41) is 6.37. The van der Waals surface area contributed by atoms with Gasteiger partial charge in [0.1, 0.15) is 11.9 Å². The van der Waals surface area contributed by atoms with Crippen molar-refractivity contribution in [3.05, 3.63) is 88.6 Å². The number of sulfonamides is 1. The first kappa shape index (κ1) is 18.8. The van der Waals surface area contributed by atoms with E-state index in [1.807, 2.05) is 41.8 Å². The second kappa shape index (κ2) is 7.26. The van der Waals surface area contributed by atoms with E-state index in [9.17, 15) is 12.8 Å². The molecule has 0 bridgehead atoms. The zero-order valence-electron chi connectivity index (χ0n) is 15.5. The van der Waals surface area contributed by atoms with Crippen molar-refractivity contribution < 1.29 is 12.8 Å². The van der Waals surface area contributed by atoms with E-state index < -0.39 is 21.9 Å². The number of hydrogen-bond donors (Lipinski definition) is 0. The highest BCUT2D eigenvalue weighted by Gasteiger charge is 2.39. The Hall–Kier alpha value is -3.17. The van der Waals surface area contributed by atoms with Crippen molar-refractivity contribution in [2.75, 3.05) is 0 Å². The molecule has 0 saturated carbocycles. The minimum Gasteiger partial charge on any atom is -0.253 e. The Morgan fingerprint density at radius 3 is 2.50 bits per heavy atom. The van der Waals surface area contributed by atoms with Crippen molar-refractivity contribution in [3.63, 3.8) is 0 Å². The molecule has 2 aromatic carbocycles. The zero-order chi connectivity index (χ0) is 20.7. The molecule has 0 radical (unpaired) electrons. The van der Waals surface area contributed by atoms with Crippen LogP contribution >= 0.6 is 11.3 Å². The van der Waals surface area contributed by atoms with Crippen molar-refractivity contribution in [3.8, 4) is 0 Å². The lowest BCUT2D eigenvalue weighted by atomic mass is 10.1. The molecular weight excluding hydrogens is 423 g/mol. The van der Waals surface area contributed by atoms with Crippen molar-refractivity contribution in [2.24, 2.45) is 5.10 Å². The Bertz CT molecular complexity index is 1350. The maximum absolute atomic E-state index is 13.4. The maximum atomic E-state index is 13.4. The molecule has 0 spiro atoms. The van der Waals surface area contributed by atoms with Gasteiger partial charge in [-0.3, -0.25) is 4.98 Å². The van der Waals surface area contributed by atoms with Gasteiger partial charge in [-0.2, -0.15) is 17.9 Å². The van der Waals surface area contributed by atoms with E-state index in [0.717, 1.165) is 26.9 Å². The molecule has 9 heteroatoms. The second-order valence-electron chi connectivity index (χ2n) is 6.76. The first-order valence-electron chi connectivity index (χ1n) is 9.15. The first-order chi connectivity index (χ1) is 14.5. The van der Waals surface area contributed by atoms with E-state index >= 15 is 0 Å². The molecule has 6 nitrogen and oxygen atoms in total. The quantitative estimate of drug-likeness (QED) is 0.474. The number of rotatable bonds is 4. The largest absolute Gasteiger partial charge is 0.279 e. The minimum atomic E-state index is -4.01. The second-order valence-corrected chi connectivity index (χ2v) is 9.50. The lowest BCUT2D eigenvalue weighted by Crippen LogP contribution is -2.28. The fourth-order valence-corrected chi connectivity index (χ4v) is 5.51. The normalized spacial score (nSPS) is 16.8. The lowest BCUT2D eigenvalue weighted by molar-refractivity contribution is 0.365. The van der Waals surface area contributed by atoms with Gasteiger partial charge >= 0.3 is 0 Å². The van der Waals surface area contributed by atoms with E-state index in [-0.39, 0.29) is 4.90 Å². The molecule has 1 aliphatic rings. The molecule has 4 aromatic rings. The van der Waals surface area contributed by atoms with Crippen molar-refractivity contribution >= 4 is 38.1 Å². The molecule has 0 aliphatic carbocycles. The predicted octanol–water partition coefficient (Wildman–Crippen LogP) is 4.37. The highest BCUT2D eigenvalue weighted by atomic mass is 32.2. The van der Waals surface area contributed by atoms with Crippen LogP contribution in [0.2, 0.25) is 0 Å². The predicted molar refractivity (Wildman–Crippen MR) is 113 cm³/mol. The lowest BCUT2D eigenvalue weighted by Gasteiger charge is -2.22. The molecule has 150 valence electrons. The summed E-state index contributed by atoms with van der Waals surface area (Å²) in [5.74, 6) is -0.505. The smallest absolute Gasteiger partial charge is 0.253 e. The van der Waals surface area contributed by atoms with Gasteiger partial charge in [0.25, 0.3) is 10.0 Å². The number of aromatic nitrogens is 2. The van der Waals surface area contributed by atoms with Crippen LogP contribution in [0.15, 0.2) is 82.2 Å². The third-order valence-electron chi connectivity index (χ3n) is 4.84. The molecule has 0 N–H and O–H groups in total. The number of halogens is 1. The van der Waals surface area contributed by atoms with Gasteiger partial charge in [-0.15, -0.1) is 11.3 Å². The van der Waals surface area contributed by atoms with Gasteiger partial charge in [0, 0.05) is 6.42 Å². The summed E-state index contributed by atoms with van der Waals surface area (Å²) in [6.07, 6.45) is 1.96. The van der Waals surface area contributed by atoms with Gasteiger partial charge in [0.2, 0.25) is 0 Å². The average molecular weight is 439 g/mol. The van der Waals surface area contributed by atoms with Gasteiger partial charge in [-0.05, 0) is 47.8 Å². The SMILES string of the molecule is O=S(=O)(c1ccc(F)cc1)N1N=C(c2cccs2)C[C@@H]1c1cnc2ccccc2n1. The van der Waals surface area contributed by atoms with E-state index in [1.165, 1.54) is 23.5 Å². The Morgan fingerprint density at radius 2 is 1.77 bits per heavy atom. The van der Waals surface area contributed by atoms with Crippen molar-refractivity contribution in [2.45, 2.75) is 17.4 Å². The summed E-state index contributed by atoms with van der Waals surface area (Å²) in [4.78, 5) is 9.94. The van der Waals surface area contributed by atoms with E-state index in [1.54, 1.807) is 6.20 Å². The Kier molecular flexibility index (Phi) is 4.56. The number of hydrogen-bond acceptors (Lipinski definition) is 6. The van der Waals surface area contributed by atoms with Crippen LogP contribution in [-0.4, -0.2) is 28.5 Å². The Morgan fingerprint density at radius 1 is 1.00 bits per heavy atom. The molecule has 2 aromatic heterocycles. The highest BCUT2D eigenvalue weighted by Crippen LogP contribution is 2.37. The molecule has 0 fully saturated rings. The van der Waals surface area contributed by atoms with Crippen LogP contribution in [-0.2, 0) is 10.0 Å². The molecule has 3 heterocycles. The van der Waals surface area contributed by atoms with Crippen molar-refractivity contribution in [1.29, 1.82) is 0 Å². The van der Waals surface area contributed by atoms with E-state index in [2.05, 4.69) is 15.1 Å². The van der Waals surface area contributed by atoms with Crippen molar-refractivity contribution in [1.82, 2.24) is 14.4 Å². The number of fused-ring (bicyclic) bond motifs is 1. The number of benzene rings is 2. The van der Waals surface area contributed by atoms with Gasteiger partial charge < -0.3 is 0 Å². The maximum Gasteiger partial charge on any atom is 0.279 e. The van der Waals surface area contributed by atoms with Crippen LogP contribution in [0.4, 0.5) is 4.39 Å². The molecule has 1 aliphatic heterocycles. The number of thiophene rings is 1. The fourth-order valence-electron chi connectivity index (χ4n) is 3.37. The summed E-state index contributed by atoms with van der Waals surface area (Å²) < 4.78 is 41.1. The summed E-state index contributed by atoms with van der Waals surface area (Å²) in [6, 6.07) is 15.3. The van der Waals surface area contributed by atoms with Crippen LogP contribution in [0.3, 0.4) is 0 Å². The highest BCUT2D eigenvalue weighted by molar-refractivity contribution is 7.89. The first-order valence-corrected chi connectivity index (χ1v) is 11.5. The molecule has 5 rings (SSSR count). The van der Waals surface area contributed by atoms with Crippen LogP contribution in [0.25, 0.3) is 11.0 Å². The summed E-state index contributed by atoms with van der Waals surface area (Å²) in [7, 11) is -4.01. The van der Waals surface area contributed by atoms with Gasteiger partial charge in [0.15, 0.2) is 0 Å². The third-order valence-corrected chi connectivity index (χ3v) is 7.46. The van der Waals surface area contributed by atoms with Gasteiger partial charge in [-0.25, -0.2) is 9.37 Å². The molecular formula is C21H15FN4O2S2. The minimum absolute atomic E-state index is 0.0289. The molecule has 0 amide bonds. The molecule has 0 saturated heterocycles. The Balaban J connectivity index is 1.62. The van der Waals surface area contributed by atoms with Gasteiger partial charge in [-0.1, -0.05) is 18.2 Å². The summed E-state index contributed by atoms with van der Waals surface area (Å²) in [6.45, 7) is 0. The Labute approximate surface area is 176 Å². The zero-order valence-corrected chi connectivity index (χ0v) is 17.1. The summed E-state index contributed by atoms with van der Waals surface area (Å²) >= 11 is 1.49. The monoisotopic (exact) mass is 438 g/mol. The van der Waals surface area contributed by atoms with Crippen LogP contribution < -0.4 is 0 Å². The molecule has 0 unspecified atom stereocenters. The topological polar surface area (TPSA) is 75.5 Å². The molecule has 1 atom stereocenters. The van der Waals surface area contributed by atoms with E-state index in [4.69, 9.17) is 0 Å². The third kappa shape index (κ3) is 3.25. The fraction of sp³-hybridized carbons (Fsp3) is 0.0952. The van der Waals surface area contributed by atoms with Crippen LogP contribution in [0.5, 0.6) is 0 Å². The number of hydrazone groups is 1. The number of para-hydroxylation sites is 2. The molecule has 30 heavy (non-hydrogen) atoms. The van der Waals surface area contributed by atoms with Crippen LogP contribution in [0.1, 0.15) is 23.0 Å². The number of nitrogens with zero attached hydrogens (tertiary/aromatic N) is 4.